The number of para-hydroxylation sites is 1. The number of thiocarbonyl (C=S) groups is 1. The molecule has 0 spiro atoms. The van der Waals surface area contributed by atoms with Crippen LogP contribution in [0.15, 0.2) is 47.8 Å². The standard InChI is InChI=1S/C14H14N2S3/c17-14(15-11-5-2-1-3-6-11)16-8-10-19-13(16)12-7-4-9-18-12/h1-7,9,13H,8,10H2,(H,15,17). The lowest BCUT2D eigenvalue weighted by Crippen LogP contribution is -2.33. The number of nitrogens with zero attached hydrogens (tertiary/aromatic N) is 1. The normalized spacial score (nSPS) is 18.5. The molecule has 3 rings (SSSR count). The summed E-state index contributed by atoms with van der Waals surface area (Å²) in [6, 6.07) is 14.4. The van der Waals surface area contributed by atoms with Crippen LogP contribution in [0.3, 0.4) is 0 Å². The van der Waals surface area contributed by atoms with Gasteiger partial charge in [0.25, 0.3) is 0 Å². The van der Waals surface area contributed by atoms with Gasteiger partial charge in [0.2, 0.25) is 0 Å². The third-order valence-corrected chi connectivity index (χ3v) is 5.62. The van der Waals surface area contributed by atoms with Crippen molar-refractivity contribution in [2.75, 3.05) is 17.6 Å². The molecule has 1 saturated heterocycles. The monoisotopic (exact) mass is 306 g/mol. The van der Waals surface area contributed by atoms with Crippen molar-refractivity contribution in [1.29, 1.82) is 0 Å². The van der Waals surface area contributed by atoms with Gasteiger partial charge in [-0.25, -0.2) is 0 Å². The zero-order valence-electron chi connectivity index (χ0n) is 10.3. The number of rotatable bonds is 2. The van der Waals surface area contributed by atoms with E-state index in [2.05, 4.69) is 27.7 Å². The molecule has 1 aliphatic heterocycles. The summed E-state index contributed by atoms with van der Waals surface area (Å²) in [6.45, 7) is 1.01. The van der Waals surface area contributed by atoms with Crippen LogP contribution < -0.4 is 5.32 Å². The molecule has 1 aliphatic rings. The molecule has 1 aromatic heterocycles. The van der Waals surface area contributed by atoms with Crippen LogP contribution in [-0.4, -0.2) is 22.3 Å². The summed E-state index contributed by atoms with van der Waals surface area (Å²) in [5.41, 5.74) is 1.05. The summed E-state index contributed by atoms with van der Waals surface area (Å²) in [4.78, 5) is 3.65. The van der Waals surface area contributed by atoms with Crippen LogP contribution >= 0.6 is 35.3 Å². The lowest BCUT2D eigenvalue weighted by atomic mass is 10.3. The van der Waals surface area contributed by atoms with E-state index in [4.69, 9.17) is 12.2 Å². The Morgan fingerprint density at radius 1 is 1.21 bits per heavy atom. The predicted molar refractivity (Wildman–Crippen MR) is 88.9 cm³/mol. The van der Waals surface area contributed by atoms with Gasteiger partial charge >= 0.3 is 0 Å². The van der Waals surface area contributed by atoms with Gasteiger partial charge in [-0.05, 0) is 35.8 Å². The molecule has 2 nitrogen and oxygen atoms in total. The number of thiophene rings is 1. The minimum Gasteiger partial charge on any atom is -0.333 e. The number of nitrogens with one attached hydrogen (secondary N) is 1. The summed E-state index contributed by atoms with van der Waals surface area (Å²) in [5.74, 6) is 1.12. The molecule has 0 saturated carbocycles. The van der Waals surface area contributed by atoms with E-state index >= 15 is 0 Å². The first-order chi connectivity index (χ1) is 9.34. The minimum absolute atomic E-state index is 0.365. The van der Waals surface area contributed by atoms with Crippen LogP contribution in [0.1, 0.15) is 10.3 Å². The van der Waals surface area contributed by atoms with E-state index < -0.39 is 0 Å². The summed E-state index contributed by atoms with van der Waals surface area (Å²) in [5, 5.41) is 6.63. The summed E-state index contributed by atoms with van der Waals surface area (Å²) in [6.07, 6.45) is 0. The number of hydrogen-bond donors (Lipinski definition) is 1. The van der Waals surface area contributed by atoms with Crippen LogP contribution in [0.5, 0.6) is 0 Å². The lowest BCUT2D eigenvalue weighted by molar-refractivity contribution is 0.462. The molecule has 19 heavy (non-hydrogen) atoms. The van der Waals surface area contributed by atoms with Crippen molar-refractivity contribution in [1.82, 2.24) is 4.90 Å². The van der Waals surface area contributed by atoms with E-state index in [1.165, 1.54) is 4.88 Å². The second kappa shape index (κ2) is 5.94. The Balaban J connectivity index is 1.72. The maximum absolute atomic E-state index is 5.55. The fraction of sp³-hybridized carbons (Fsp3) is 0.214. The van der Waals surface area contributed by atoms with E-state index in [9.17, 15) is 0 Å². The van der Waals surface area contributed by atoms with E-state index in [0.29, 0.717) is 5.37 Å². The number of thioether (sulfide) groups is 1. The molecule has 2 aromatic rings. The Bertz CT molecular complexity index is 539. The Hall–Kier alpha value is -1.04. The highest BCUT2D eigenvalue weighted by Gasteiger charge is 2.29. The Labute approximate surface area is 126 Å². The first kappa shape index (κ1) is 13.0. The molecular formula is C14H14N2S3. The maximum Gasteiger partial charge on any atom is 0.174 e. The molecule has 1 unspecified atom stereocenters. The topological polar surface area (TPSA) is 15.3 Å². The van der Waals surface area contributed by atoms with Crippen molar-refractivity contribution in [3.8, 4) is 0 Å². The zero-order valence-corrected chi connectivity index (χ0v) is 12.7. The van der Waals surface area contributed by atoms with Crippen molar-refractivity contribution in [3.05, 3.63) is 52.7 Å². The Kier molecular flexibility index (Phi) is 4.06. The number of anilines is 1. The van der Waals surface area contributed by atoms with Crippen molar-refractivity contribution in [3.63, 3.8) is 0 Å². The molecule has 1 N–H and O–H groups in total. The lowest BCUT2D eigenvalue weighted by Gasteiger charge is -2.26. The van der Waals surface area contributed by atoms with E-state index in [1.807, 2.05) is 42.1 Å². The summed E-state index contributed by atoms with van der Waals surface area (Å²) < 4.78 is 0. The van der Waals surface area contributed by atoms with Crippen LogP contribution in [0, 0.1) is 0 Å². The number of hydrogen-bond acceptors (Lipinski definition) is 3. The molecule has 0 bridgehead atoms. The molecule has 0 amide bonds. The van der Waals surface area contributed by atoms with E-state index in [-0.39, 0.29) is 0 Å². The second-order valence-corrected chi connectivity index (χ2v) is 6.78. The molecule has 5 heteroatoms. The van der Waals surface area contributed by atoms with Gasteiger partial charge in [-0.2, -0.15) is 0 Å². The average Bonchev–Trinajstić information content (AvgIpc) is 3.10. The van der Waals surface area contributed by atoms with Crippen LogP contribution in [0.2, 0.25) is 0 Å². The van der Waals surface area contributed by atoms with E-state index in [0.717, 1.165) is 23.1 Å². The summed E-state index contributed by atoms with van der Waals surface area (Å²) in [7, 11) is 0. The Morgan fingerprint density at radius 3 is 2.79 bits per heavy atom. The van der Waals surface area contributed by atoms with E-state index in [1.54, 1.807) is 11.3 Å². The second-order valence-electron chi connectivity index (χ2n) is 4.23. The van der Waals surface area contributed by atoms with Crippen molar-refractivity contribution < 1.29 is 0 Å². The van der Waals surface area contributed by atoms with Gasteiger partial charge in [0.15, 0.2) is 5.11 Å². The van der Waals surface area contributed by atoms with Gasteiger partial charge in [-0.1, -0.05) is 24.3 Å². The molecular weight excluding hydrogens is 292 g/mol. The zero-order chi connectivity index (χ0) is 13.1. The highest BCUT2D eigenvalue weighted by molar-refractivity contribution is 7.99. The molecule has 98 valence electrons. The van der Waals surface area contributed by atoms with Gasteiger partial charge in [0, 0.05) is 22.9 Å². The van der Waals surface area contributed by atoms with Crippen molar-refractivity contribution >= 4 is 46.1 Å². The van der Waals surface area contributed by atoms with Crippen LogP contribution in [0.4, 0.5) is 5.69 Å². The highest BCUT2D eigenvalue weighted by atomic mass is 32.2. The number of benzene rings is 1. The highest BCUT2D eigenvalue weighted by Crippen LogP contribution is 2.40. The van der Waals surface area contributed by atoms with Gasteiger partial charge in [-0.3, -0.25) is 0 Å². The smallest absolute Gasteiger partial charge is 0.174 e. The predicted octanol–water partition coefficient (Wildman–Crippen LogP) is 4.19. The quantitative estimate of drug-likeness (QED) is 0.836. The molecule has 1 aromatic carbocycles. The molecule has 2 heterocycles. The fourth-order valence-electron chi connectivity index (χ4n) is 2.06. The van der Waals surface area contributed by atoms with Gasteiger partial charge in [0.1, 0.15) is 5.37 Å². The first-order valence-electron chi connectivity index (χ1n) is 6.12. The minimum atomic E-state index is 0.365. The van der Waals surface area contributed by atoms with Gasteiger partial charge in [-0.15, -0.1) is 23.1 Å². The van der Waals surface area contributed by atoms with Crippen molar-refractivity contribution in [2.45, 2.75) is 5.37 Å². The Morgan fingerprint density at radius 2 is 2.05 bits per heavy atom. The average molecular weight is 306 g/mol. The largest absolute Gasteiger partial charge is 0.333 e. The van der Waals surface area contributed by atoms with Crippen LogP contribution in [-0.2, 0) is 0 Å². The maximum atomic E-state index is 5.55. The molecule has 0 radical (unpaired) electrons. The van der Waals surface area contributed by atoms with Crippen LogP contribution in [0.25, 0.3) is 0 Å². The van der Waals surface area contributed by atoms with Gasteiger partial charge < -0.3 is 10.2 Å². The molecule has 1 fully saturated rings. The van der Waals surface area contributed by atoms with Crippen molar-refractivity contribution in [2.24, 2.45) is 0 Å². The van der Waals surface area contributed by atoms with Gasteiger partial charge in [0.05, 0.1) is 0 Å². The third-order valence-electron chi connectivity index (χ3n) is 2.96. The fourth-order valence-corrected chi connectivity index (χ4v) is 4.69. The molecule has 1 atom stereocenters. The SMILES string of the molecule is S=C(Nc1ccccc1)N1CCSC1c1cccs1. The molecule has 0 aliphatic carbocycles. The summed E-state index contributed by atoms with van der Waals surface area (Å²) >= 11 is 9.31. The third kappa shape index (κ3) is 2.94. The first-order valence-corrected chi connectivity index (χ1v) is 8.46.